The number of anilines is 1. The normalized spacial score (nSPS) is 13.6. The number of carbonyl (C=O) groups is 1. The van der Waals surface area contributed by atoms with Gasteiger partial charge in [-0.3, -0.25) is 9.20 Å². The van der Waals surface area contributed by atoms with E-state index in [2.05, 4.69) is 36.5 Å². The molecule has 1 fully saturated rings. The van der Waals surface area contributed by atoms with Gasteiger partial charge in [-0.25, -0.2) is 9.97 Å². The summed E-state index contributed by atoms with van der Waals surface area (Å²) in [7, 11) is 0. The largest absolute Gasteiger partial charge is 0.367 e. The first kappa shape index (κ1) is 19.8. The maximum Gasteiger partial charge on any atom is 0.251 e. The fourth-order valence-electron chi connectivity index (χ4n) is 3.23. The van der Waals surface area contributed by atoms with Gasteiger partial charge >= 0.3 is 0 Å². The van der Waals surface area contributed by atoms with Crippen LogP contribution in [0.1, 0.15) is 42.5 Å². The molecule has 1 aliphatic carbocycles. The molecule has 0 spiro atoms. The van der Waals surface area contributed by atoms with Crippen LogP contribution in [0.4, 0.5) is 5.82 Å². The first-order valence-corrected chi connectivity index (χ1v) is 10.8. The number of nitrogens with two attached hydrogens (primary N) is 1. The number of halogens is 1. The zero-order chi connectivity index (χ0) is 20.2. The van der Waals surface area contributed by atoms with Crippen LogP contribution in [0.15, 0.2) is 41.3 Å². The number of rotatable bonds is 9. The SMILES string of the molecule is NCCCCCNc1nc(Br)cn2c(-c3ccc(C(=O)NC4CC4)cc3)cnc12. The van der Waals surface area contributed by atoms with E-state index in [4.69, 9.17) is 5.73 Å². The lowest BCUT2D eigenvalue weighted by atomic mass is 10.1. The van der Waals surface area contributed by atoms with Crippen LogP contribution >= 0.6 is 15.9 Å². The molecular formula is C21H25BrN6O. The third kappa shape index (κ3) is 4.76. The molecule has 4 rings (SSSR count). The van der Waals surface area contributed by atoms with Crippen LogP contribution in [0.2, 0.25) is 0 Å². The van der Waals surface area contributed by atoms with Crippen LogP contribution in [0, 0.1) is 0 Å². The van der Waals surface area contributed by atoms with Crippen molar-refractivity contribution in [3.63, 3.8) is 0 Å². The van der Waals surface area contributed by atoms with E-state index < -0.39 is 0 Å². The van der Waals surface area contributed by atoms with Gasteiger partial charge in [0.1, 0.15) is 4.60 Å². The van der Waals surface area contributed by atoms with Crippen molar-refractivity contribution in [3.05, 3.63) is 46.8 Å². The maximum absolute atomic E-state index is 12.2. The van der Waals surface area contributed by atoms with Gasteiger partial charge in [0.05, 0.1) is 11.9 Å². The molecule has 1 aliphatic rings. The average Bonchev–Trinajstić information content (AvgIpc) is 3.44. The van der Waals surface area contributed by atoms with Crippen molar-refractivity contribution in [1.82, 2.24) is 19.7 Å². The molecule has 0 saturated heterocycles. The van der Waals surface area contributed by atoms with E-state index in [-0.39, 0.29) is 5.91 Å². The van der Waals surface area contributed by atoms with Crippen molar-refractivity contribution in [3.8, 4) is 11.3 Å². The summed E-state index contributed by atoms with van der Waals surface area (Å²) in [5, 5.41) is 6.40. The van der Waals surface area contributed by atoms with Crippen LogP contribution in [0.5, 0.6) is 0 Å². The molecule has 1 saturated carbocycles. The number of amides is 1. The summed E-state index contributed by atoms with van der Waals surface area (Å²) in [6, 6.07) is 7.99. The lowest BCUT2D eigenvalue weighted by Gasteiger charge is -2.09. The maximum atomic E-state index is 12.2. The second kappa shape index (κ2) is 8.92. The van der Waals surface area contributed by atoms with Gasteiger partial charge in [-0.05, 0) is 60.3 Å². The predicted octanol–water partition coefficient (Wildman–Crippen LogP) is 3.59. The number of fused-ring (bicyclic) bond motifs is 1. The Morgan fingerprint density at radius 2 is 2.00 bits per heavy atom. The second-order valence-electron chi connectivity index (χ2n) is 7.35. The van der Waals surface area contributed by atoms with Gasteiger partial charge < -0.3 is 16.4 Å². The molecular weight excluding hydrogens is 432 g/mol. The third-order valence-electron chi connectivity index (χ3n) is 4.99. The minimum atomic E-state index is -0.00902. The van der Waals surface area contributed by atoms with Crippen molar-refractivity contribution in [1.29, 1.82) is 0 Å². The molecule has 2 aromatic heterocycles. The lowest BCUT2D eigenvalue weighted by molar-refractivity contribution is 0.0951. The minimum Gasteiger partial charge on any atom is -0.367 e. The van der Waals surface area contributed by atoms with Crippen LogP contribution < -0.4 is 16.4 Å². The monoisotopic (exact) mass is 456 g/mol. The van der Waals surface area contributed by atoms with E-state index in [0.717, 1.165) is 72.5 Å². The predicted molar refractivity (Wildman–Crippen MR) is 118 cm³/mol. The van der Waals surface area contributed by atoms with E-state index in [0.29, 0.717) is 11.6 Å². The molecule has 4 N–H and O–H groups in total. The molecule has 8 heteroatoms. The average molecular weight is 457 g/mol. The summed E-state index contributed by atoms with van der Waals surface area (Å²) in [5.41, 5.74) is 8.94. The molecule has 1 aromatic carbocycles. The van der Waals surface area contributed by atoms with Crippen LogP contribution in [-0.2, 0) is 0 Å². The van der Waals surface area contributed by atoms with E-state index >= 15 is 0 Å². The summed E-state index contributed by atoms with van der Waals surface area (Å²) in [6.07, 6.45) is 9.07. The molecule has 1 amide bonds. The molecule has 0 bridgehead atoms. The molecule has 2 heterocycles. The van der Waals surface area contributed by atoms with Gasteiger partial charge in [0, 0.05) is 29.9 Å². The highest BCUT2D eigenvalue weighted by molar-refractivity contribution is 9.10. The molecule has 3 aromatic rings. The Morgan fingerprint density at radius 3 is 2.72 bits per heavy atom. The Balaban J connectivity index is 1.54. The number of hydrogen-bond acceptors (Lipinski definition) is 5. The highest BCUT2D eigenvalue weighted by Crippen LogP contribution is 2.26. The number of benzene rings is 1. The Kier molecular flexibility index (Phi) is 6.10. The molecule has 0 radical (unpaired) electrons. The van der Waals surface area contributed by atoms with Crippen molar-refractivity contribution >= 4 is 33.3 Å². The highest BCUT2D eigenvalue weighted by atomic mass is 79.9. The molecule has 0 unspecified atom stereocenters. The summed E-state index contributed by atoms with van der Waals surface area (Å²) in [5.74, 6) is 0.740. The summed E-state index contributed by atoms with van der Waals surface area (Å²) in [6.45, 7) is 1.55. The van der Waals surface area contributed by atoms with Crippen molar-refractivity contribution in [2.24, 2.45) is 5.73 Å². The fourth-order valence-corrected chi connectivity index (χ4v) is 3.61. The number of hydrogen-bond donors (Lipinski definition) is 3. The molecule has 7 nitrogen and oxygen atoms in total. The molecule has 0 aliphatic heterocycles. The van der Waals surface area contributed by atoms with Crippen LogP contribution in [0.25, 0.3) is 16.9 Å². The Labute approximate surface area is 178 Å². The minimum absolute atomic E-state index is 0.00902. The number of nitrogens with zero attached hydrogens (tertiary/aromatic N) is 3. The number of imidazole rings is 1. The number of aromatic nitrogens is 3. The van der Waals surface area contributed by atoms with E-state index in [1.807, 2.05) is 41.1 Å². The summed E-state index contributed by atoms with van der Waals surface area (Å²) in [4.78, 5) is 21.3. The molecule has 152 valence electrons. The third-order valence-corrected chi connectivity index (χ3v) is 5.37. The fraction of sp³-hybridized carbons (Fsp3) is 0.381. The second-order valence-corrected chi connectivity index (χ2v) is 8.16. The van der Waals surface area contributed by atoms with Crippen molar-refractivity contribution in [2.75, 3.05) is 18.4 Å². The van der Waals surface area contributed by atoms with Crippen molar-refractivity contribution in [2.45, 2.75) is 38.1 Å². The smallest absolute Gasteiger partial charge is 0.251 e. The van der Waals surface area contributed by atoms with E-state index in [1.54, 1.807) is 0 Å². The standard InChI is InChI=1S/C21H25BrN6O/c22-18-13-28-17(12-25-20(28)19(27-18)24-11-3-1-2-10-23)14-4-6-15(7-5-14)21(29)26-16-8-9-16/h4-7,12-13,16H,1-3,8-11,23H2,(H,24,27)(H,26,29). The highest BCUT2D eigenvalue weighted by Gasteiger charge is 2.23. The Bertz CT molecular complexity index is 996. The Hall–Kier alpha value is -2.45. The molecule has 0 atom stereocenters. The quantitative estimate of drug-likeness (QED) is 0.427. The van der Waals surface area contributed by atoms with Gasteiger partial charge in [0.15, 0.2) is 11.5 Å². The summed E-state index contributed by atoms with van der Waals surface area (Å²) < 4.78 is 2.74. The van der Waals surface area contributed by atoms with E-state index in [1.165, 1.54) is 0 Å². The topological polar surface area (TPSA) is 97.3 Å². The van der Waals surface area contributed by atoms with E-state index in [9.17, 15) is 4.79 Å². The molecule has 29 heavy (non-hydrogen) atoms. The van der Waals surface area contributed by atoms with Crippen LogP contribution in [0.3, 0.4) is 0 Å². The zero-order valence-electron chi connectivity index (χ0n) is 16.2. The first-order valence-electron chi connectivity index (χ1n) is 10.0. The zero-order valence-corrected chi connectivity index (χ0v) is 17.8. The lowest BCUT2D eigenvalue weighted by Crippen LogP contribution is -2.25. The number of unbranched alkanes of at least 4 members (excludes halogenated alkanes) is 2. The van der Waals surface area contributed by atoms with Gasteiger partial charge in [-0.15, -0.1) is 0 Å². The van der Waals surface area contributed by atoms with Gasteiger partial charge in [0.2, 0.25) is 0 Å². The first-order chi connectivity index (χ1) is 14.2. The van der Waals surface area contributed by atoms with Gasteiger partial charge in [0.25, 0.3) is 5.91 Å². The van der Waals surface area contributed by atoms with Crippen LogP contribution in [-0.4, -0.2) is 39.4 Å². The van der Waals surface area contributed by atoms with Gasteiger partial charge in [-0.1, -0.05) is 18.6 Å². The Morgan fingerprint density at radius 1 is 1.21 bits per heavy atom. The summed E-state index contributed by atoms with van der Waals surface area (Å²) >= 11 is 3.50. The number of nitrogens with one attached hydrogen (secondary N) is 2. The van der Waals surface area contributed by atoms with Gasteiger partial charge in [-0.2, -0.15) is 0 Å². The number of carbonyl (C=O) groups excluding carboxylic acids is 1. The van der Waals surface area contributed by atoms with Crippen molar-refractivity contribution < 1.29 is 4.79 Å².